The average Bonchev–Trinajstić information content (AvgIpc) is 2.82. The first-order chi connectivity index (χ1) is 8.16. The van der Waals surface area contributed by atoms with Gasteiger partial charge in [-0.2, -0.15) is 0 Å². The largest absolute Gasteiger partial charge is 0.462 e. The summed E-state index contributed by atoms with van der Waals surface area (Å²) in [5.41, 5.74) is 6.71. The van der Waals surface area contributed by atoms with Crippen LogP contribution in [-0.2, 0) is 9.47 Å². The van der Waals surface area contributed by atoms with Crippen LogP contribution in [0.1, 0.15) is 16.8 Å². The van der Waals surface area contributed by atoms with E-state index < -0.39 is 0 Å². The zero-order valence-electron chi connectivity index (χ0n) is 9.32. The average molecular weight is 300 g/mol. The molecule has 0 aromatic heterocycles. The summed E-state index contributed by atoms with van der Waals surface area (Å²) in [6, 6.07) is 5.04. The van der Waals surface area contributed by atoms with E-state index in [9.17, 15) is 4.79 Å². The van der Waals surface area contributed by atoms with Gasteiger partial charge in [0, 0.05) is 22.7 Å². The number of hydrogen-bond acceptors (Lipinski definition) is 4. The number of esters is 1. The highest BCUT2D eigenvalue weighted by Crippen LogP contribution is 2.21. The number of carbonyl (C=O) groups excluding carboxylic acids is 1. The minimum Gasteiger partial charge on any atom is -0.462 e. The maximum Gasteiger partial charge on any atom is 0.338 e. The van der Waals surface area contributed by atoms with E-state index in [0.717, 1.165) is 17.5 Å². The van der Waals surface area contributed by atoms with Gasteiger partial charge in [0.2, 0.25) is 0 Å². The summed E-state index contributed by atoms with van der Waals surface area (Å²) in [4.78, 5) is 11.7. The molecule has 4 nitrogen and oxygen atoms in total. The Labute approximate surface area is 108 Å². The number of hydrogen-bond donors (Lipinski definition) is 1. The normalized spacial score (nSPS) is 19.2. The third-order valence-corrected chi connectivity index (χ3v) is 3.43. The van der Waals surface area contributed by atoms with E-state index in [1.165, 1.54) is 0 Å². The molecule has 1 saturated heterocycles. The number of rotatable bonds is 3. The van der Waals surface area contributed by atoms with Crippen molar-refractivity contribution in [1.29, 1.82) is 0 Å². The van der Waals surface area contributed by atoms with Gasteiger partial charge in [0.25, 0.3) is 0 Å². The second kappa shape index (κ2) is 5.51. The number of nitrogens with two attached hydrogens (primary N) is 1. The SMILES string of the molecule is Nc1cc(C(=O)OCC2CCOC2)ccc1Br. The van der Waals surface area contributed by atoms with Crippen LogP contribution in [-0.4, -0.2) is 25.8 Å². The van der Waals surface area contributed by atoms with E-state index in [0.29, 0.717) is 30.4 Å². The summed E-state index contributed by atoms with van der Waals surface area (Å²) >= 11 is 3.28. The zero-order chi connectivity index (χ0) is 12.3. The molecule has 2 rings (SSSR count). The molecule has 1 aromatic rings. The van der Waals surface area contributed by atoms with Crippen LogP contribution in [0.2, 0.25) is 0 Å². The van der Waals surface area contributed by atoms with E-state index in [-0.39, 0.29) is 5.97 Å². The summed E-state index contributed by atoms with van der Waals surface area (Å²) in [6.07, 6.45) is 0.954. The van der Waals surface area contributed by atoms with Gasteiger partial charge in [-0.05, 0) is 40.5 Å². The van der Waals surface area contributed by atoms with Crippen molar-refractivity contribution in [2.45, 2.75) is 6.42 Å². The Bertz CT molecular complexity index is 416. The molecule has 5 heteroatoms. The number of halogens is 1. The number of carbonyl (C=O) groups is 1. The maximum absolute atomic E-state index is 11.7. The predicted octanol–water partition coefficient (Wildman–Crippen LogP) is 2.22. The minimum absolute atomic E-state index is 0.326. The molecule has 2 N–H and O–H groups in total. The fourth-order valence-electron chi connectivity index (χ4n) is 1.66. The Kier molecular flexibility index (Phi) is 4.02. The number of anilines is 1. The van der Waals surface area contributed by atoms with Crippen LogP contribution in [0.25, 0.3) is 0 Å². The highest BCUT2D eigenvalue weighted by atomic mass is 79.9. The quantitative estimate of drug-likeness (QED) is 0.687. The molecule has 1 aliphatic heterocycles. The van der Waals surface area contributed by atoms with Crippen LogP contribution >= 0.6 is 15.9 Å². The van der Waals surface area contributed by atoms with Crippen LogP contribution in [0, 0.1) is 5.92 Å². The number of nitrogen functional groups attached to an aromatic ring is 1. The maximum atomic E-state index is 11.7. The first kappa shape index (κ1) is 12.4. The van der Waals surface area contributed by atoms with Gasteiger partial charge < -0.3 is 15.2 Å². The van der Waals surface area contributed by atoms with Crippen LogP contribution in [0.15, 0.2) is 22.7 Å². The van der Waals surface area contributed by atoms with Crippen LogP contribution in [0.5, 0.6) is 0 Å². The van der Waals surface area contributed by atoms with Crippen LogP contribution in [0.3, 0.4) is 0 Å². The molecular formula is C12H14BrNO3. The molecule has 1 atom stereocenters. The molecule has 1 unspecified atom stereocenters. The lowest BCUT2D eigenvalue weighted by molar-refractivity contribution is 0.0428. The molecule has 0 bridgehead atoms. The van der Waals surface area contributed by atoms with Crippen LogP contribution < -0.4 is 5.73 Å². The van der Waals surface area contributed by atoms with Gasteiger partial charge in [0.1, 0.15) is 0 Å². The van der Waals surface area contributed by atoms with Gasteiger partial charge >= 0.3 is 5.97 Å². The van der Waals surface area contributed by atoms with Crippen molar-refractivity contribution >= 4 is 27.6 Å². The summed E-state index contributed by atoms with van der Waals surface area (Å²) in [6.45, 7) is 1.85. The monoisotopic (exact) mass is 299 g/mol. The Hall–Kier alpha value is -1.07. The van der Waals surface area contributed by atoms with E-state index in [2.05, 4.69) is 15.9 Å². The molecule has 1 aliphatic rings. The molecule has 0 aliphatic carbocycles. The van der Waals surface area contributed by atoms with Crippen molar-refractivity contribution in [3.63, 3.8) is 0 Å². The van der Waals surface area contributed by atoms with E-state index in [4.69, 9.17) is 15.2 Å². The molecule has 1 aromatic carbocycles. The van der Waals surface area contributed by atoms with Crippen molar-refractivity contribution in [2.75, 3.05) is 25.6 Å². The Morgan fingerprint density at radius 1 is 1.59 bits per heavy atom. The highest BCUT2D eigenvalue weighted by molar-refractivity contribution is 9.10. The second-order valence-electron chi connectivity index (χ2n) is 4.06. The van der Waals surface area contributed by atoms with Gasteiger partial charge in [0.05, 0.1) is 18.8 Å². The zero-order valence-corrected chi connectivity index (χ0v) is 10.9. The Balaban J connectivity index is 1.92. The van der Waals surface area contributed by atoms with Crippen molar-refractivity contribution in [3.05, 3.63) is 28.2 Å². The van der Waals surface area contributed by atoms with E-state index >= 15 is 0 Å². The van der Waals surface area contributed by atoms with Crippen molar-refractivity contribution in [1.82, 2.24) is 0 Å². The Morgan fingerprint density at radius 2 is 2.41 bits per heavy atom. The van der Waals surface area contributed by atoms with E-state index in [1.807, 2.05) is 0 Å². The van der Waals surface area contributed by atoms with Crippen molar-refractivity contribution in [3.8, 4) is 0 Å². The molecule has 1 fully saturated rings. The molecule has 0 saturated carbocycles. The van der Waals surface area contributed by atoms with E-state index in [1.54, 1.807) is 18.2 Å². The molecule has 0 radical (unpaired) electrons. The molecule has 17 heavy (non-hydrogen) atoms. The number of ether oxygens (including phenoxy) is 2. The van der Waals surface area contributed by atoms with Gasteiger partial charge in [0.15, 0.2) is 0 Å². The predicted molar refractivity (Wildman–Crippen MR) is 67.8 cm³/mol. The summed E-state index contributed by atoms with van der Waals surface area (Å²) < 4.78 is 11.2. The molecule has 1 heterocycles. The molecule has 0 amide bonds. The lowest BCUT2D eigenvalue weighted by atomic mass is 10.1. The lowest BCUT2D eigenvalue weighted by Crippen LogP contribution is -2.14. The summed E-state index contributed by atoms with van der Waals surface area (Å²) in [7, 11) is 0. The van der Waals surface area contributed by atoms with Gasteiger partial charge in [-0.1, -0.05) is 0 Å². The molecular weight excluding hydrogens is 286 g/mol. The minimum atomic E-state index is -0.337. The molecule has 0 spiro atoms. The fraction of sp³-hybridized carbons (Fsp3) is 0.417. The highest BCUT2D eigenvalue weighted by Gasteiger charge is 2.18. The summed E-state index contributed by atoms with van der Waals surface area (Å²) in [5, 5.41) is 0. The first-order valence-corrected chi connectivity index (χ1v) is 6.26. The third kappa shape index (κ3) is 3.20. The second-order valence-corrected chi connectivity index (χ2v) is 4.92. The number of benzene rings is 1. The van der Waals surface area contributed by atoms with Gasteiger partial charge in [-0.25, -0.2) is 4.79 Å². The standard InChI is InChI=1S/C12H14BrNO3/c13-10-2-1-9(5-11(10)14)12(15)17-7-8-3-4-16-6-8/h1-2,5,8H,3-4,6-7,14H2. The first-order valence-electron chi connectivity index (χ1n) is 5.46. The fourth-order valence-corrected chi connectivity index (χ4v) is 1.91. The summed E-state index contributed by atoms with van der Waals surface area (Å²) in [5.74, 6) is -0.0113. The smallest absolute Gasteiger partial charge is 0.338 e. The van der Waals surface area contributed by atoms with Crippen molar-refractivity contribution in [2.24, 2.45) is 5.92 Å². The Morgan fingerprint density at radius 3 is 3.06 bits per heavy atom. The van der Waals surface area contributed by atoms with Gasteiger partial charge in [-0.15, -0.1) is 0 Å². The van der Waals surface area contributed by atoms with Crippen molar-refractivity contribution < 1.29 is 14.3 Å². The molecule has 92 valence electrons. The topological polar surface area (TPSA) is 61.6 Å². The van der Waals surface area contributed by atoms with Gasteiger partial charge in [-0.3, -0.25) is 0 Å². The third-order valence-electron chi connectivity index (χ3n) is 2.71. The lowest BCUT2D eigenvalue weighted by Gasteiger charge is -2.09. The van der Waals surface area contributed by atoms with Crippen LogP contribution in [0.4, 0.5) is 5.69 Å².